The highest BCUT2D eigenvalue weighted by molar-refractivity contribution is 6.30. The van der Waals surface area contributed by atoms with Gasteiger partial charge in [-0.1, -0.05) is 11.6 Å². The van der Waals surface area contributed by atoms with E-state index in [1.165, 1.54) is 7.11 Å². The van der Waals surface area contributed by atoms with Crippen molar-refractivity contribution in [2.45, 2.75) is 19.3 Å². The molecule has 0 unspecified atom stereocenters. The van der Waals surface area contributed by atoms with E-state index in [4.69, 9.17) is 30.5 Å². The quantitative estimate of drug-likeness (QED) is 0.797. The van der Waals surface area contributed by atoms with Crippen molar-refractivity contribution in [1.29, 1.82) is 0 Å². The van der Waals surface area contributed by atoms with Gasteiger partial charge in [-0.25, -0.2) is 0 Å². The predicted molar refractivity (Wildman–Crippen MR) is 104 cm³/mol. The fraction of sp³-hybridized carbons (Fsp3) is 0.350. The third-order valence-corrected chi connectivity index (χ3v) is 4.76. The largest absolute Gasteiger partial charge is 0.494 e. The van der Waals surface area contributed by atoms with Crippen LogP contribution in [0.4, 0.5) is 5.69 Å². The lowest BCUT2D eigenvalue weighted by Gasteiger charge is -2.30. The Kier molecular flexibility index (Phi) is 5.65. The second kappa shape index (κ2) is 7.96. The third kappa shape index (κ3) is 3.49. The van der Waals surface area contributed by atoms with E-state index in [1.54, 1.807) is 26.4 Å². The molecule has 2 aromatic carbocycles. The molecule has 0 radical (unpaired) electrons. The first-order chi connectivity index (χ1) is 13.0. The number of halogens is 1. The molecule has 0 aromatic heterocycles. The summed E-state index contributed by atoms with van der Waals surface area (Å²) in [5.41, 5.74) is 2.25. The molecule has 0 bridgehead atoms. The van der Waals surface area contributed by atoms with Gasteiger partial charge in [0, 0.05) is 34.6 Å². The second-order valence-corrected chi connectivity index (χ2v) is 6.46. The zero-order chi connectivity index (χ0) is 19.6. The molecule has 27 heavy (non-hydrogen) atoms. The average molecular weight is 392 g/mol. The number of amides is 1. The van der Waals surface area contributed by atoms with E-state index in [1.807, 2.05) is 19.1 Å². The van der Waals surface area contributed by atoms with Crippen LogP contribution >= 0.6 is 11.6 Å². The molecule has 7 heteroatoms. The predicted octanol–water partition coefficient (Wildman–Crippen LogP) is 4.24. The number of carbonyl (C=O) groups is 1. The van der Waals surface area contributed by atoms with Crippen molar-refractivity contribution in [3.05, 3.63) is 40.4 Å². The van der Waals surface area contributed by atoms with E-state index in [0.717, 1.165) is 11.1 Å². The summed E-state index contributed by atoms with van der Waals surface area (Å²) in [5, 5.41) is 3.47. The molecule has 0 aliphatic carbocycles. The van der Waals surface area contributed by atoms with Gasteiger partial charge in [0.25, 0.3) is 0 Å². The zero-order valence-corrected chi connectivity index (χ0v) is 16.5. The first kappa shape index (κ1) is 19.2. The van der Waals surface area contributed by atoms with Crippen molar-refractivity contribution in [3.63, 3.8) is 0 Å². The van der Waals surface area contributed by atoms with Crippen LogP contribution in [0.3, 0.4) is 0 Å². The lowest BCUT2D eigenvalue weighted by atomic mass is 9.83. The normalized spacial score (nSPS) is 15.6. The molecule has 1 heterocycles. The number of hydrogen-bond acceptors (Lipinski definition) is 5. The Morgan fingerprint density at radius 2 is 1.81 bits per heavy atom. The monoisotopic (exact) mass is 391 g/mol. The molecule has 1 amide bonds. The number of fused-ring (bicyclic) bond motifs is 1. The summed E-state index contributed by atoms with van der Waals surface area (Å²) < 4.78 is 22.4. The van der Waals surface area contributed by atoms with Gasteiger partial charge in [0.2, 0.25) is 11.7 Å². The highest BCUT2D eigenvalue weighted by Crippen LogP contribution is 2.52. The molecule has 1 aliphatic heterocycles. The molecular formula is C20H22ClNO5. The fourth-order valence-corrected chi connectivity index (χ4v) is 3.64. The van der Waals surface area contributed by atoms with Crippen molar-refractivity contribution in [3.8, 4) is 23.0 Å². The second-order valence-electron chi connectivity index (χ2n) is 6.03. The van der Waals surface area contributed by atoms with Crippen LogP contribution in [0.5, 0.6) is 23.0 Å². The summed E-state index contributed by atoms with van der Waals surface area (Å²) in [6.07, 6.45) is 0.235. The maximum Gasteiger partial charge on any atom is 0.225 e. The van der Waals surface area contributed by atoms with E-state index >= 15 is 0 Å². The molecule has 1 atom stereocenters. The van der Waals surface area contributed by atoms with Crippen LogP contribution in [-0.4, -0.2) is 33.8 Å². The maximum atomic E-state index is 12.4. The molecule has 3 rings (SSSR count). The van der Waals surface area contributed by atoms with E-state index in [0.29, 0.717) is 40.3 Å². The molecule has 0 spiro atoms. The van der Waals surface area contributed by atoms with Gasteiger partial charge in [-0.15, -0.1) is 0 Å². The molecule has 0 saturated heterocycles. The van der Waals surface area contributed by atoms with Gasteiger partial charge in [0.05, 0.1) is 33.6 Å². The van der Waals surface area contributed by atoms with Gasteiger partial charge in [-0.05, 0) is 25.1 Å². The van der Waals surface area contributed by atoms with Crippen LogP contribution in [0.1, 0.15) is 30.4 Å². The Morgan fingerprint density at radius 1 is 1.07 bits per heavy atom. The summed E-state index contributed by atoms with van der Waals surface area (Å²) in [6.45, 7) is 2.41. The van der Waals surface area contributed by atoms with Gasteiger partial charge in [-0.2, -0.15) is 0 Å². The zero-order valence-electron chi connectivity index (χ0n) is 15.7. The van der Waals surface area contributed by atoms with Crippen LogP contribution in [0.2, 0.25) is 5.02 Å². The number of hydrogen-bond donors (Lipinski definition) is 1. The van der Waals surface area contributed by atoms with E-state index < -0.39 is 0 Å². The van der Waals surface area contributed by atoms with Gasteiger partial charge in [-0.3, -0.25) is 4.79 Å². The van der Waals surface area contributed by atoms with E-state index in [-0.39, 0.29) is 18.2 Å². The summed E-state index contributed by atoms with van der Waals surface area (Å²) in [4.78, 5) is 12.4. The number of benzene rings is 2. The Hall–Kier alpha value is -2.60. The molecule has 1 aliphatic rings. The lowest BCUT2D eigenvalue weighted by molar-refractivity contribution is -0.116. The summed E-state index contributed by atoms with van der Waals surface area (Å²) in [5.74, 6) is 1.74. The highest BCUT2D eigenvalue weighted by atomic mass is 35.5. The summed E-state index contributed by atoms with van der Waals surface area (Å²) in [7, 11) is 4.65. The Balaban J connectivity index is 2.28. The first-order valence-electron chi connectivity index (χ1n) is 8.58. The van der Waals surface area contributed by atoms with Gasteiger partial charge in [0.1, 0.15) is 5.75 Å². The minimum atomic E-state index is -0.302. The van der Waals surface area contributed by atoms with Crippen LogP contribution in [0.15, 0.2) is 24.3 Å². The van der Waals surface area contributed by atoms with Crippen LogP contribution in [-0.2, 0) is 4.79 Å². The van der Waals surface area contributed by atoms with Crippen molar-refractivity contribution in [1.82, 2.24) is 0 Å². The Bertz CT molecular complexity index is 868. The Morgan fingerprint density at radius 3 is 2.44 bits per heavy atom. The molecule has 0 fully saturated rings. The molecule has 2 aromatic rings. The topological polar surface area (TPSA) is 66.0 Å². The standard InChI is InChI=1S/C20H22ClNO5/c1-5-27-15-7-6-11(21)8-12(15)13-9-17(23)22-14-10-16(24-2)19(25-3)20(26-4)18(13)14/h6-8,10,13H,5,9H2,1-4H3,(H,22,23)/t13-/m0/s1. The first-order valence-corrected chi connectivity index (χ1v) is 8.96. The highest BCUT2D eigenvalue weighted by Gasteiger charge is 2.35. The maximum absolute atomic E-state index is 12.4. The molecular weight excluding hydrogens is 370 g/mol. The molecule has 144 valence electrons. The van der Waals surface area contributed by atoms with Crippen LogP contribution in [0, 0.1) is 0 Å². The SMILES string of the molecule is CCOc1ccc(Cl)cc1[C@@H]1CC(=O)Nc2cc(OC)c(OC)c(OC)c21. The third-order valence-electron chi connectivity index (χ3n) is 4.53. The number of nitrogens with one attached hydrogen (secondary N) is 1. The number of rotatable bonds is 6. The van der Waals surface area contributed by atoms with Gasteiger partial charge in [0.15, 0.2) is 11.5 Å². The van der Waals surface area contributed by atoms with Crippen molar-refractivity contribution in [2.24, 2.45) is 0 Å². The fourth-order valence-electron chi connectivity index (χ4n) is 3.46. The van der Waals surface area contributed by atoms with E-state index in [9.17, 15) is 4.79 Å². The van der Waals surface area contributed by atoms with E-state index in [2.05, 4.69) is 5.32 Å². The van der Waals surface area contributed by atoms with Gasteiger partial charge >= 0.3 is 0 Å². The minimum absolute atomic E-state index is 0.107. The molecule has 1 N–H and O–H groups in total. The van der Waals surface area contributed by atoms with Crippen LogP contribution in [0.25, 0.3) is 0 Å². The molecule has 6 nitrogen and oxygen atoms in total. The number of carbonyl (C=O) groups excluding carboxylic acids is 1. The number of ether oxygens (including phenoxy) is 4. The van der Waals surface area contributed by atoms with Crippen LogP contribution < -0.4 is 24.3 Å². The van der Waals surface area contributed by atoms with Crippen molar-refractivity contribution >= 4 is 23.2 Å². The molecule has 0 saturated carbocycles. The lowest BCUT2D eigenvalue weighted by Crippen LogP contribution is -2.25. The number of methoxy groups -OCH3 is 3. The minimum Gasteiger partial charge on any atom is -0.494 e. The average Bonchev–Trinajstić information content (AvgIpc) is 2.67. The van der Waals surface area contributed by atoms with Crippen molar-refractivity contribution < 1.29 is 23.7 Å². The number of anilines is 1. The summed E-state index contributed by atoms with van der Waals surface area (Å²) >= 11 is 6.25. The van der Waals surface area contributed by atoms with Crippen molar-refractivity contribution in [2.75, 3.05) is 33.3 Å². The van der Waals surface area contributed by atoms with Gasteiger partial charge < -0.3 is 24.3 Å². The summed E-state index contributed by atoms with van der Waals surface area (Å²) in [6, 6.07) is 7.16. The smallest absolute Gasteiger partial charge is 0.225 e. The Labute approximate surface area is 163 Å².